The zero-order valence-corrected chi connectivity index (χ0v) is 10.5. The molecule has 0 amide bonds. The van der Waals surface area contributed by atoms with Crippen LogP contribution in [0, 0.1) is 6.92 Å². The normalized spacial score (nSPS) is 19.7. The standard InChI is InChI=1S/C12H22N4/c1-9-10(13)11(16(3)15-9)14-12(2)7-5-4-6-8-12/h14H,4-8,13H2,1-3H3. The summed E-state index contributed by atoms with van der Waals surface area (Å²) in [6.07, 6.45) is 6.41. The third-order valence-corrected chi connectivity index (χ3v) is 3.65. The molecule has 2 rings (SSSR count). The minimum atomic E-state index is 0.187. The van der Waals surface area contributed by atoms with E-state index >= 15 is 0 Å². The first-order valence-corrected chi connectivity index (χ1v) is 6.09. The molecule has 0 radical (unpaired) electrons. The molecule has 90 valence electrons. The van der Waals surface area contributed by atoms with Gasteiger partial charge in [0.2, 0.25) is 0 Å². The second-order valence-corrected chi connectivity index (χ2v) is 5.22. The highest BCUT2D eigenvalue weighted by atomic mass is 15.3. The molecular weight excluding hydrogens is 200 g/mol. The number of nitrogens with two attached hydrogens (primary N) is 1. The second-order valence-electron chi connectivity index (χ2n) is 5.22. The highest BCUT2D eigenvalue weighted by molar-refractivity contribution is 5.65. The largest absolute Gasteiger partial charge is 0.394 e. The molecule has 0 aromatic carbocycles. The van der Waals surface area contributed by atoms with E-state index < -0.39 is 0 Å². The van der Waals surface area contributed by atoms with Crippen molar-refractivity contribution in [2.24, 2.45) is 7.05 Å². The first kappa shape index (κ1) is 11.3. The van der Waals surface area contributed by atoms with Crippen molar-refractivity contribution in [2.75, 3.05) is 11.1 Å². The SMILES string of the molecule is Cc1nn(C)c(NC2(C)CCCCC2)c1N. The summed E-state index contributed by atoms with van der Waals surface area (Å²) in [5.41, 5.74) is 7.91. The second kappa shape index (κ2) is 4.00. The Hall–Kier alpha value is -1.19. The summed E-state index contributed by atoms with van der Waals surface area (Å²) in [7, 11) is 1.94. The molecule has 0 unspecified atom stereocenters. The Bertz CT molecular complexity index is 375. The molecule has 16 heavy (non-hydrogen) atoms. The zero-order chi connectivity index (χ0) is 11.8. The van der Waals surface area contributed by atoms with Gasteiger partial charge in [-0.3, -0.25) is 4.68 Å². The van der Waals surface area contributed by atoms with Crippen molar-refractivity contribution >= 4 is 11.5 Å². The van der Waals surface area contributed by atoms with Crippen LogP contribution in [0.25, 0.3) is 0 Å². The summed E-state index contributed by atoms with van der Waals surface area (Å²) in [4.78, 5) is 0. The molecule has 0 atom stereocenters. The third kappa shape index (κ3) is 2.01. The molecule has 4 heteroatoms. The Morgan fingerprint density at radius 3 is 2.44 bits per heavy atom. The van der Waals surface area contributed by atoms with Crippen LogP contribution in [0.3, 0.4) is 0 Å². The molecule has 1 fully saturated rings. The van der Waals surface area contributed by atoms with Crippen molar-refractivity contribution in [3.63, 3.8) is 0 Å². The molecule has 1 saturated carbocycles. The monoisotopic (exact) mass is 222 g/mol. The number of aromatic nitrogens is 2. The summed E-state index contributed by atoms with van der Waals surface area (Å²) < 4.78 is 1.85. The Balaban J connectivity index is 2.19. The number of hydrogen-bond donors (Lipinski definition) is 2. The smallest absolute Gasteiger partial charge is 0.148 e. The molecule has 0 bridgehead atoms. The van der Waals surface area contributed by atoms with Gasteiger partial charge in [-0.1, -0.05) is 19.3 Å². The maximum absolute atomic E-state index is 6.03. The van der Waals surface area contributed by atoms with Gasteiger partial charge in [0.15, 0.2) is 0 Å². The van der Waals surface area contributed by atoms with Crippen molar-refractivity contribution < 1.29 is 0 Å². The summed E-state index contributed by atoms with van der Waals surface area (Å²) in [5, 5.41) is 7.93. The third-order valence-electron chi connectivity index (χ3n) is 3.65. The molecule has 1 aliphatic rings. The minimum absolute atomic E-state index is 0.187. The van der Waals surface area contributed by atoms with Gasteiger partial charge in [-0.05, 0) is 26.7 Å². The number of hydrogen-bond acceptors (Lipinski definition) is 3. The Kier molecular flexibility index (Phi) is 2.82. The van der Waals surface area contributed by atoms with Crippen LogP contribution < -0.4 is 11.1 Å². The van der Waals surface area contributed by atoms with Gasteiger partial charge < -0.3 is 11.1 Å². The van der Waals surface area contributed by atoms with Crippen LogP contribution in [0.15, 0.2) is 0 Å². The molecule has 1 heterocycles. The lowest BCUT2D eigenvalue weighted by molar-refractivity contribution is 0.347. The maximum atomic E-state index is 6.03. The number of anilines is 2. The number of nitrogens with one attached hydrogen (secondary N) is 1. The molecule has 1 aromatic heterocycles. The van der Waals surface area contributed by atoms with Gasteiger partial charge in [0.05, 0.1) is 11.4 Å². The lowest BCUT2D eigenvalue weighted by Crippen LogP contribution is -2.37. The zero-order valence-electron chi connectivity index (χ0n) is 10.5. The maximum Gasteiger partial charge on any atom is 0.148 e. The van der Waals surface area contributed by atoms with Gasteiger partial charge in [0.25, 0.3) is 0 Å². The summed E-state index contributed by atoms with van der Waals surface area (Å²) >= 11 is 0. The minimum Gasteiger partial charge on any atom is -0.394 e. The molecule has 3 N–H and O–H groups in total. The van der Waals surface area contributed by atoms with Crippen molar-refractivity contribution in [3.05, 3.63) is 5.69 Å². The van der Waals surface area contributed by atoms with Crippen LogP contribution >= 0.6 is 0 Å². The van der Waals surface area contributed by atoms with E-state index in [2.05, 4.69) is 17.3 Å². The van der Waals surface area contributed by atoms with Gasteiger partial charge in [-0.15, -0.1) is 0 Å². The van der Waals surface area contributed by atoms with Crippen molar-refractivity contribution in [2.45, 2.75) is 51.5 Å². The van der Waals surface area contributed by atoms with E-state index in [0.717, 1.165) is 17.2 Å². The Labute approximate surface area is 97.2 Å². The van der Waals surface area contributed by atoms with Crippen LogP contribution in [0.2, 0.25) is 0 Å². The predicted octanol–water partition coefficient (Wildman–Crippen LogP) is 2.45. The lowest BCUT2D eigenvalue weighted by Gasteiger charge is -2.35. The van der Waals surface area contributed by atoms with Crippen LogP contribution in [0.4, 0.5) is 11.5 Å². The van der Waals surface area contributed by atoms with Crippen molar-refractivity contribution in [1.29, 1.82) is 0 Å². The Morgan fingerprint density at radius 1 is 1.31 bits per heavy atom. The first-order chi connectivity index (χ1) is 7.52. The fourth-order valence-corrected chi connectivity index (χ4v) is 2.57. The van der Waals surface area contributed by atoms with Crippen LogP contribution in [0.1, 0.15) is 44.7 Å². The van der Waals surface area contributed by atoms with Crippen LogP contribution in [-0.2, 0) is 7.05 Å². The molecule has 1 aromatic rings. The first-order valence-electron chi connectivity index (χ1n) is 6.09. The number of nitrogen functional groups attached to an aromatic ring is 1. The molecular formula is C12H22N4. The average Bonchev–Trinajstić information content (AvgIpc) is 2.46. The van der Waals surface area contributed by atoms with E-state index in [1.807, 2.05) is 18.7 Å². The Morgan fingerprint density at radius 2 is 1.94 bits per heavy atom. The van der Waals surface area contributed by atoms with Gasteiger partial charge in [-0.2, -0.15) is 5.10 Å². The van der Waals surface area contributed by atoms with Gasteiger partial charge in [0, 0.05) is 12.6 Å². The average molecular weight is 222 g/mol. The van der Waals surface area contributed by atoms with E-state index in [0.29, 0.717) is 0 Å². The summed E-state index contributed by atoms with van der Waals surface area (Å²) in [6, 6.07) is 0. The van der Waals surface area contributed by atoms with E-state index in [-0.39, 0.29) is 5.54 Å². The lowest BCUT2D eigenvalue weighted by atomic mass is 9.83. The molecule has 0 aliphatic heterocycles. The topological polar surface area (TPSA) is 55.9 Å². The van der Waals surface area contributed by atoms with Crippen LogP contribution in [0.5, 0.6) is 0 Å². The number of aryl methyl sites for hydroxylation is 2. The fourth-order valence-electron chi connectivity index (χ4n) is 2.57. The van der Waals surface area contributed by atoms with E-state index in [9.17, 15) is 0 Å². The highest BCUT2D eigenvalue weighted by Crippen LogP contribution is 2.33. The van der Waals surface area contributed by atoms with Gasteiger partial charge >= 0.3 is 0 Å². The van der Waals surface area contributed by atoms with Crippen LogP contribution in [-0.4, -0.2) is 15.3 Å². The van der Waals surface area contributed by atoms with Crippen molar-refractivity contribution in [1.82, 2.24) is 9.78 Å². The van der Waals surface area contributed by atoms with Gasteiger partial charge in [-0.25, -0.2) is 0 Å². The molecule has 0 saturated heterocycles. The van der Waals surface area contributed by atoms with E-state index in [1.165, 1.54) is 32.1 Å². The predicted molar refractivity (Wildman–Crippen MR) is 67.5 cm³/mol. The molecule has 1 aliphatic carbocycles. The highest BCUT2D eigenvalue weighted by Gasteiger charge is 2.28. The number of nitrogens with zero attached hydrogens (tertiary/aromatic N) is 2. The van der Waals surface area contributed by atoms with E-state index in [4.69, 9.17) is 5.73 Å². The fraction of sp³-hybridized carbons (Fsp3) is 0.750. The quantitative estimate of drug-likeness (QED) is 0.808. The summed E-state index contributed by atoms with van der Waals surface area (Å²) in [6.45, 7) is 4.23. The molecule has 4 nitrogen and oxygen atoms in total. The van der Waals surface area contributed by atoms with E-state index in [1.54, 1.807) is 0 Å². The van der Waals surface area contributed by atoms with Crippen molar-refractivity contribution in [3.8, 4) is 0 Å². The summed E-state index contributed by atoms with van der Waals surface area (Å²) in [5.74, 6) is 0.974. The molecule has 0 spiro atoms. The number of rotatable bonds is 2. The van der Waals surface area contributed by atoms with Gasteiger partial charge in [0.1, 0.15) is 5.82 Å².